The first-order valence-corrected chi connectivity index (χ1v) is 10.6. The third-order valence-electron chi connectivity index (χ3n) is 5.30. The molecule has 0 bridgehead atoms. The van der Waals surface area contributed by atoms with Gasteiger partial charge < -0.3 is 11.5 Å². The molecule has 0 aliphatic heterocycles. The molecule has 2 aromatic carbocycles. The second-order valence-corrected chi connectivity index (χ2v) is 7.62. The third-order valence-corrected chi connectivity index (χ3v) is 5.30. The standard InChI is InChI=1S/C15H17N3.C10H11N3/c16-15-14(12-7-3-1-4-8-12)11-17-18(15)13-9-5-2-6-10-13;1-8-7-10(11)13(12-8)9-5-3-2-4-6-9/h2,5-7,9-11H,1,3-4,8,16H2;2-7H,11H2,1H3. The van der Waals surface area contributed by atoms with Gasteiger partial charge in [0.15, 0.2) is 0 Å². The number of hydrogen-bond acceptors (Lipinski definition) is 4. The SMILES string of the molecule is Cc1cc(N)n(-c2ccccc2)n1.Nc1c(C2=CCCCC2)cnn1-c1ccccc1. The molecule has 6 heteroatoms. The summed E-state index contributed by atoms with van der Waals surface area (Å²) in [6.45, 7) is 1.93. The van der Waals surface area contributed by atoms with Crippen LogP contribution in [0.1, 0.15) is 36.9 Å². The molecule has 2 aromatic heterocycles. The maximum absolute atomic E-state index is 6.23. The maximum atomic E-state index is 6.23. The number of aryl methyl sites for hydroxylation is 1. The fourth-order valence-electron chi connectivity index (χ4n) is 3.76. The second kappa shape index (κ2) is 9.34. The molecule has 0 fully saturated rings. The van der Waals surface area contributed by atoms with E-state index in [2.05, 4.69) is 16.3 Å². The van der Waals surface area contributed by atoms with Gasteiger partial charge in [-0.15, -0.1) is 0 Å². The largest absolute Gasteiger partial charge is 0.384 e. The van der Waals surface area contributed by atoms with Gasteiger partial charge in [-0.3, -0.25) is 0 Å². The normalized spacial score (nSPS) is 13.3. The van der Waals surface area contributed by atoms with Crippen molar-refractivity contribution in [2.45, 2.75) is 32.6 Å². The zero-order valence-electron chi connectivity index (χ0n) is 17.8. The van der Waals surface area contributed by atoms with E-state index in [9.17, 15) is 0 Å². The quantitative estimate of drug-likeness (QED) is 0.486. The summed E-state index contributed by atoms with van der Waals surface area (Å²) in [4.78, 5) is 0. The molecule has 31 heavy (non-hydrogen) atoms. The van der Waals surface area contributed by atoms with Crippen LogP contribution in [-0.2, 0) is 0 Å². The highest BCUT2D eigenvalue weighted by Crippen LogP contribution is 2.31. The van der Waals surface area contributed by atoms with Crippen LogP contribution >= 0.6 is 0 Å². The number of allylic oxidation sites excluding steroid dienone is 2. The second-order valence-electron chi connectivity index (χ2n) is 7.62. The van der Waals surface area contributed by atoms with Crippen molar-refractivity contribution in [1.82, 2.24) is 19.6 Å². The first-order chi connectivity index (χ1) is 15.1. The molecular formula is C25H28N6. The van der Waals surface area contributed by atoms with Crippen molar-refractivity contribution in [3.63, 3.8) is 0 Å². The van der Waals surface area contributed by atoms with E-state index in [-0.39, 0.29) is 0 Å². The van der Waals surface area contributed by atoms with Crippen LogP contribution < -0.4 is 11.5 Å². The van der Waals surface area contributed by atoms with Crippen LogP contribution in [0, 0.1) is 6.92 Å². The zero-order valence-corrected chi connectivity index (χ0v) is 17.8. The maximum Gasteiger partial charge on any atom is 0.134 e. The van der Waals surface area contributed by atoms with Crippen LogP contribution in [0.25, 0.3) is 16.9 Å². The Morgan fingerprint density at radius 2 is 1.48 bits per heavy atom. The highest BCUT2D eigenvalue weighted by atomic mass is 15.3. The van der Waals surface area contributed by atoms with Crippen LogP contribution in [-0.4, -0.2) is 19.6 Å². The Bertz CT molecular complexity index is 1160. The third kappa shape index (κ3) is 4.69. The van der Waals surface area contributed by atoms with E-state index in [0.29, 0.717) is 5.82 Å². The Kier molecular flexibility index (Phi) is 6.17. The topological polar surface area (TPSA) is 87.7 Å². The van der Waals surface area contributed by atoms with Crippen LogP contribution in [0.4, 0.5) is 11.6 Å². The van der Waals surface area contributed by atoms with Gasteiger partial charge in [0.2, 0.25) is 0 Å². The highest BCUT2D eigenvalue weighted by Gasteiger charge is 2.14. The van der Waals surface area contributed by atoms with Gasteiger partial charge in [0.05, 0.1) is 23.3 Å². The average Bonchev–Trinajstić information content (AvgIpc) is 3.37. The van der Waals surface area contributed by atoms with Gasteiger partial charge in [0.1, 0.15) is 11.6 Å². The number of anilines is 2. The number of rotatable bonds is 3. The minimum atomic E-state index is 0.670. The average molecular weight is 413 g/mol. The van der Waals surface area contributed by atoms with Gasteiger partial charge in [-0.05, 0) is 62.4 Å². The molecule has 6 nitrogen and oxygen atoms in total. The summed E-state index contributed by atoms with van der Waals surface area (Å²) in [6, 6.07) is 21.7. The molecule has 4 N–H and O–H groups in total. The summed E-state index contributed by atoms with van der Waals surface area (Å²) < 4.78 is 3.54. The summed E-state index contributed by atoms with van der Waals surface area (Å²) in [5.41, 5.74) is 17.4. The Balaban J connectivity index is 0.000000158. The summed E-state index contributed by atoms with van der Waals surface area (Å²) in [7, 11) is 0. The van der Waals surface area contributed by atoms with Gasteiger partial charge in [-0.25, -0.2) is 9.36 Å². The Morgan fingerprint density at radius 1 is 0.839 bits per heavy atom. The fourth-order valence-corrected chi connectivity index (χ4v) is 3.76. The number of benzene rings is 2. The minimum Gasteiger partial charge on any atom is -0.384 e. The van der Waals surface area contributed by atoms with Crippen molar-refractivity contribution in [3.05, 3.63) is 90.3 Å². The smallest absolute Gasteiger partial charge is 0.134 e. The van der Waals surface area contributed by atoms with Gasteiger partial charge in [-0.2, -0.15) is 10.2 Å². The van der Waals surface area contributed by atoms with E-state index in [4.69, 9.17) is 11.5 Å². The molecule has 0 unspecified atom stereocenters. The van der Waals surface area contributed by atoms with E-state index in [1.54, 1.807) is 4.68 Å². The molecule has 4 aromatic rings. The molecule has 0 saturated carbocycles. The molecule has 1 aliphatic rings. The lowest BCUT2D eigenvalue weighted by atomic mass is 9.95. The van der Waals surface area contributed by atoms with E-state index < -0.39 is 0 Å². The van der Waals surface area contributed by atoms with Crippen molar-refractivity contribution in [1.29, 1.82) is 0 Å². The predicted octanol–water partition coefficient (Wildman–Crippen LogP) is 5.17. The lowest BCUT2D eigenvalue weighted by molar-refractivity contribution is 0.742. The predicted molar refractivity (Wildman–Crippen MR) is 127 cm³/mol. The van der Waals surface area contributed by atoms with Crippen molar-refractivity contribution in [3.8, 4) is 11.4 Å². The number of para-hydroxylation sites is 2. The first-order valence-electron chi connectivity index (χ1n) is 10.6. The van der Waals surface area contributed by atoms with Crippen molar-refractivity contribution in [2.24, 2.45) is 0 Å². The van der Waals surface area contributed by atoms with Crippen LogP contribution in [0.3, 0.4) is 0 Å². The van der Waals surface area contributed by atoms with Gasteiger partial charge >= 0.3 is 0 Å². The van der Waals surface area contributed by atoms with Crippen LogP contribution in [0.2, 0.25) is 0 Å². The summed E-state index contributed by atoms with van der Waals surface area (Å²) in [5, 5.41) is 8.68. The summed E-state index contributed by atoms with van der Waals surface area (Å²) >= 11 is 0. The molecule has 2 heterocycles. The highest BCUT2D eigenvalue weighted by molar-refractivity contribution is 5.74. The number of hydrogen-bond donors (Lipinski definition) is 2. The zero-order chi connectivity index (χ0) is 21.6. The van der Waals surface area contributed by atoms with Crippen molar-refractivity contribution >= 4 is 17.2 Å². The first kappa shape index (κ1) is 20.5. The Labute approximate surface area is 182 Å². The number of nitrogens with two attached hydrogens (primary N) is 2. The Hall–Kier alpha value is -3.80. The lowest BCUT2D eigenvalue weighted by Crippen LogP contribution is -2.03. The van der Waals surface area contributed by atoms with E-state index in [0.717, 1.165) is 41.3 Å². The molecular weight excluding hydrogens is 384 g/mol. The van der Waals surface area contributed by atoms with Crippen molar-refractivity contribution in [2.75, 3.05) is 11.5 Å². The monoisotopic (exact) mass is 412 g/mol. The van der Waals surface area contributed by atoms with E-state index in [1.165, 1.54) is 18.4 Å². The molecule has 1 aliphatic carbocycles. The van der Waals surface area contributed by atoms with Crippen LogP contribution in [0.15, 0.2) is 79.0 Å². The summed E-state index contributed by atoms with van der Waals surface area (Å²) in [6.07, 6.45) is 9.00. The summed E-state index contributed by atoms with van der Waals surface area (Å²) in [5.74, 6) is 1.41. The molecule has 0 amide bonds. The van der Waals surface area contributed by atoms with Gasteiger partial charge in [-0.1, -0.05) is 42.5 Å². The number of nitrogens with zero attached hydrogens (tertiary/aromatic N) is 4. The van der Waals surface area contributed by atoms with Crippen molar-refractivity contribution < 1.29 is 0 Å². The minimum absolute atomic E-state index is 0.670. The molecule has 0 radical (unpaired) electrons. The fraction of sp³-hybridized carbons (Fsp3) is 0.200. The Morgan fingerprint density at radius 3 is 2.03 bits per heavy atom. The lowest BCUT2D eigenvalue weighted by Gasteiger charge is -2.12. The van der Waals surface area contributed by atoms with Gasteiger partial charge in [0, 0.05) is 11.6 Å². The molecule has 5 rings (SSSR count). The van der Waals surface area contributed by atoms with Gasteiger partial charge in [0.25, 0.3) is 0 Å². The molecule has 0 atom stereocenters. The number of nitrogen functional groups attached to an aromatic ring is 2. The van der Waals surface area contributed by atoms with E-state index >= 15 is 0 Å². The van der Waals surface area contributed by atoms with E-state index in [1.807, 2.05) is 84.5 Å². The number of aromatic nitrogens is 4. The molecule has 0 spiro atoms. The molecule has 158 valence electrons. The van der Waals surface area contributed by atoms with Crippen LogP contribution in [0.5, 0.6) is 0 Å². The molecule has 0 saturated heterocycles.